The normalized spacial score (nSPS) is 10.0. The molecule has 1 rings (SSSR count). The van der Waals surface area contributed by atoms with Gasteiger partial charge >= 0.3 is 5.97 Å². The SMILES string of the molecule is [CH2]Cc1occc1COC(=O)CC. The van der Waals surface area contributed by atoms with E-state index in [1.807, 2.05) is 0 Å². The number of hydrogen-bond donors (Lipinski definition) is 0. The zero-order valence-electron chi connectivity index (χ0n) is 7.71. The van der Waals surface area contributed by atoms with Crippen molar-refractivity contribution >= 4 is 5.97 Å². The minimum absolute atomic E-state index is 0.198. The van der Waals surface area contributed by atoms with Crippen LogP contribution in [0.1, 0.15) is 24.7 Å². The van der Waals surface area contributed by atoms with Crippen LogP contribution in [0.15, 0.2) is 16.7 Å². The Kier molecular flexibility index (Phi) is 3.55. The number of hydrogen-bond acceptors (Lipinski definition) is 3. The smallest absolute Gasteiger partial charge is 0.305 e. The molecule has 0 N–H and O–H groups in total. The number of rotatable bonds is 4. The molecule has 0 atom stereocenters. The van der Waals surface area contributed by atoms with Crippen molar-refractivity contribution in [3.05, 3.63) is 30.6 Å². The highest BCUT2D eigenvalue weighted by atomic mass is 16.5. The van der Waals surface area contributed by atoms with E-state index in [2.05, 4.69) is 6.92 Å². The molecule has 1 aromatic rings. The topological polar surface area (TPSA) is 39.4 Å². The molecule has 0 bridgehead atoms. The summed E-state index contributed by atoms with van der Waals surface area (Å²) in [6.45, 7) is 5.75. The lowest BCUT2D eigenvalue weighted by Crippen LogP contribution is -2.02. The van der Waals surface area contributed by atoms with Crippen molar-refractivity contribution in [1.29, 1.82) is 0 Å². The molecular formula is C10H13O3. The molecule has 71 valence electrons. The minimum atomic E-state index is -0.198. The van der Waals surface area contributed by atoms with Gasteiger partial charge < -0.3 is 9.15 Å². The number of esters is 1. The molecule has 1 radical (unpaired) electrons. The standard InChI is InChI=1S/C10H13O3/c1-3-9-8(5-6-12-9)7-13-10(11)4-2/h5-6H,1,3-4,7H2,2H3. The molecule has 1 aromatic heterocycles. The van der Waals surface area contributed by atoms with Crippen molar-refractivity contribution in [1.82, 2.24) is 0 Å². The molecule has 0 aliphatic rings. The molecule has 0 amide bonds. The van der Waals surface area contributed by atoms with E-state index in [0.717, 1.165) is 11.3 Å². The number of carbonyl (C=O) groups excluding carboxylic acids is 1. The van der Waals surface area contributed by atoms with Crippen LogP contribution in [0.3, 0.4) is 0 Å². The molecule has 0 fully saturated rings. The van der Waals surface area contributed by atoms with Crippen LogP contribution < -0.4 is 0 Å². The fourth-order valence-electron chi connectivity index (χ4n) is 0.975. The summed E-state index contributed by atoms with van der Waals surface area (Å²) >= 11 is 0. The Bertz CT molecular complexity index is 275. The first kappa shape index (κ1) is 9.84. The van der Waals surface area contributed by atoms with E-state index < -0.39 is 0 Å². The van der Waals surface area contributed by atoms with Crippen LogP contribution in [0, 0.1) is 6.92 Å². The van der Waals surface area contributed by atoms with E-state index in [1.165, 1.54) is 0 Å². The maximum Gasteiger partial charge on any atom is 0.305 e. The average molecular weight is 181 g/mol. The Labute approximate surface area is 77.7 Å². The molecule has 13 heavy (non-hydrogen) atoms. The molecule has 0 saturated carbocycles. The van der Waals surface area contributed by atoms with Gasteiger partial charge in [0, 0.05) is 18.4 Å². The lowest BCUT2D eigenvalue weighted by Gasteiger charge is -2.01. The Morgan fingerprint density at radius 3 is 3.08 bits per heavy atom. The van der Waals surface area contributed by atoms with E-state index in [-0.39, 0.29) is 12.6 Å². The summed E-state index contributed by atoms with van der Waals surface area (Å²) in [5.74, 6) is 0.583. The maximum absolute atomic E-state index is 10.8. The first-order chi connectivity index (χ1) is 6.27. The van der Waals surface area contributed by atoms with E-state index in [1.54, 1.807) is 19.3 Å². The van der Waals surface area contributed by atoms with Gasteiger partial charge in [0.05, 0.1) is 6.26 Å². The quantitative estimate of drug-likeness (QED) is 0.668. The largest absolute Gasteiger partial charge is 0.469 e. The molecule has 3 heteroatoms. The monoisotopic (exact) mass is 181 g/mol. The highest BCUT2D eigenvalue weighted by Gasteiger charge is 2.06. The third kappa shape index (κ3) is 2.61. The van der Waals surface area contributed by atoms with Gasteiger partial charge in [-0.05, 0) is 13.0 Å². The summed E-state index contributed by atoms with van der Waals surface area (Å²) < 4.78 is 10.1. The average Bonchev–Trinajstić information content (AvgIpc) is 2.61. The maximum atomic E-state index is 10.8. The van der Waals surface area contributed by atoms with Crippen LogP contribution in [-0.4, -0.2) is 5.97 Å². The lowest BCUT2D eigenvalue weighted by molar-refractivity contribution is -0.144. The van der Waals surface area contributed by atoms with Crippen molar-refractivity contribution in [2.75, 3.05) is 0 Å². The Morgan fingerprint density at radius 1 is 1.69 bits per heavy atom. The number of furan rings is 1. The first-order valence-corrected chi connectivity index (χ1v) is 4.28. The summed E-state index contributed by atoms with van der Waals surface area (Å²) in [7, 11) is 0. The van der Waals surface area contributed by atoms with Gasteiger partial charge in [-0.15, -0.1) is 0 Å². The van der Waals surface area contributed by atoms with Crippen LogP contribution >= 0.6 is 0 Å². The molecule has 0 aliphatic heterocycles. The Morgan fingerprint density at radius 2 is 2.46 bits per heavy atom. The summed E-state index contributed by atoms with van der Waals surface area (Å²) in [6, 6.07) is 1.80. The number of ether oxygens (including phenoxy) is 1. The predicted molar refractivity (Wildman–Crippen MR) is 47.9 cm³/mol. The fourth-order valence-corrected chi connectivity index (χ4v) is 0.975. The van der Waals surface area contributed by atoms with E-state index >= 15 is 0 Å². The van der Waals surface area contributed by atoms with Gasteiger partial charge in [-0.3, -0.25) is 4.79 Å². The second-order valence-electron chi connectivity index (χ2n) is 2.63. The fraction of sp³-hybridized carbons (Fsp3) is 0.400. The van der Waals surface area contributed by atoms with Crippen molar-refractivity contribution in [2.24, 2.45) is 0 Å². The summed E-state index contributed by atoms with van der Waals surface area (Å²) in [5.41, 5.74) is 0.900. The first-order valence-electron chi connectivity index (χ1n) is 4.28. The third-order valence-electron chi connectivity index (χ3n) is 1.74. The molecule has 0 saturated heterocycles. The molecular weight excluding hydrogens is 168 g/mol. The van der Waals surface area contributed by atoms with Crippen molar-refractivity contribution < 1.29 is 13.9 Å². The van der Waals surface area contributed by atoms with Crippen LogP contribution in [-0.2, 0) is 22.6 Å². The van der Waals surface area contributed by atoms with Crippen molar-refractivity contribution in [2.45, 2.75) is 26.4 Å². The molecule has 0 aliphatic carbocycles. The molecule has 3 nitrogen and oxygen atoms in total. The van der Waals surface area contributed by atoms with Gasteiger partial charge in [0.1, 0.15) is 12.4 Å². The summed E-state index contributed by atoms with van der Waals surface area (Å²) in [4.78, 5) is 10.8. The van der Waals surface area contributed by atoms with Crippen LogP contribution in [0.25, 0.3) is 0 Å². The Balaban J connectivity index is 2.49. The zero-order valence-corrected chi connectivity index (χ0v) is 7.71. The van der Waals surface area contributed by atoms with E-state index in [4.69, 9.17) is 9.15 Å². The van der Waals surface area contributed by atoms with Crippen LogP contribution in [0.4, 0.5) is 0 Å². The molecule has 0 aromatic carbocycles. The second kappa shape index (κ2) is 4.70. The third-order valence-corrected chi connectivity index (χ3v) is 1.74. The van der Waals surface area contributed by atoms with Gasteiger partial charge in [0.25, 0.3) is 0 Å². The Hall–Kier alpha value is -1.25. The van der Waals surface area contributed by atoms with Gasteiger partial charge in [0.15, 0.2) is 0 Å². The van der Waals surface area contributed by atoms with Gasteiger partial charge in [-0.25, -0.2) is 0 Å². The highest BCUT2D eigenvalue weighted by Crippen LogP contribution is 2.12. The van der Waals surface area contributed by atoms with Crippen LogP contribution in [0.5, 0.6) is 0 Å². The second-order valence-corrected chi connectivity index (χ2v) is 2.63. The molecule has 1 heterocycles. The zero-order chi connectivity index (χ0) is 9.68. The van der Waals surface area contributed by atoms with Gasteiger partial charge in [0.2, 0.25) is 0 Å². The number of carbonyl (C=O) groups is 1. The molecule has 0 unspecified atom stereocenters. The minimum Gasteiger partial charge on any atom is -0.469 e. The van der Waals surface area contributed by atoms with Gasteiger partial charge in [-0.2, -0.15) is 0 Å². The van der Waals surface area contributed by atoms with Crippen molar-refractivity contribution in [3.63, 3.8) is 0 Å². The van der Waals surface area contributed by atoms with Gasteiger partial charge in [-0.1, -0.05) is 6.92 Å². The highest BCUT2D eigenvalue weighted by molar-refractivity contribution is 5.68. The summed E-state index contributed by atoms with van der Waals surface area (Å²) in [5, 5.41) is 0. The molecule has 0 spiro atoms. The van der Waals surface area contributed by atoms with E-state index in [0.29, 0.717) is 12.8 Å². The van der Waals surface area contributed by atoms with E-state index in [9.17, 15) is 4.79 Å². The van der Waals surface area contributed by atoms with Crippen LogP contribution in [0.2, 0.25) is 0 Å². The predicted octanol–water partition coefficient (Wildman–Crippen LogP) is 2.11. The van der Waals surface area contributed by atoms with Crippen molar-refractivity contribution in [3.8, 4) is 0 Å². The summed E-state index contributed by atoms with van der Waals surface area (Å²) in [6.07, 6.45) is 2.55. The lowest BCUT2D eigenvalue weighted by atomic mass is 10.2.